The van der Waals surface area contributed by atoms with E-state index in [-0.39, 0.29) is 5.54 Å². The fraction of sp³-hybridized carbons (Fsp3) is 0.857. The maximum Gasteiger partial charge on any atom is 0.0161 e. The van der Waals surface area contributed by atoms with Crippen LogP contribution in [0.15, 0.2) is 0 Å². The van der Waals surface area contributed by atoms with Gasteiger partial charge in [0.1, 0.15) is 0 Å². The zero-order valence-electron chi connectivity index (χ0n) is 10.9. The lowest BCUT2D eigenvalue weighted by molar-refractivity contribution is 0.0670. The molecule has 1 aliphatic heterocycles. The molecule has 1 fully saturated rings. The summed E-state index contributed by atoms with van der Waals surface area (Å²) in [7, 11) is 0. The number of rotatable bonds is 2. The Kier molecular flexibility index (Phi) is 3.51. The minimum atomic E-state index is 0.272. The molecule has 0 radical (unpaired) electrons. The fourth-order valence-electron chi connectivity index (χ4n) is 3.05. The molecule has 15 heavy (non-hydrogen) atoms. The van der Waals surface area contributed by atoms with Gasteiger partial charge in [0, 0.05) is 24.0 Å². The summed E-state index contributed by atoms with van der Waals surface area (Å²) < 4.78 is 0. The molecule has 0 N–H and O–H groups in total. The van der Waals surface area contributed by atoms with Crippen molar-refractivity contribution >= 4 is 0 Å². The molecule has 0 aromatic heterocycles. The Labute approximate surface area is 95.2 Å². The van der Waals surface area contributed by atoms with E-state index in [4.69, 9.17) is 6.42 Å². The third kappa shape index (κ3) is 2.98. The van der Waals surface area contributed by atoms with Crippen molar-refractivity contribution in [1.82, 2.24) is 4.90 Å². The number of nitrogens with zero attached hydrogens (tertiary/aromatic N) is 1. The van der Waals surface area contributed by atoms with Gasteiger partial charge in [-0.2, -0.15) is 0 Å². The van der Waals surface area contributed by atoms with E-state index in [9.17, 15) is 0 Å². The summed E-state index contributed by atoms with van der Waals surface area (Å²) in [6.07, 6.45) is 8.73. The zero-order valence-corrected chi connectivity index (χ0v) is 10.9. The SMILES string of the molecule is C#CCCC1CN(C(C)(C)C)C(C)(C)C1. The van der Waals surface area contributed by atoms with Crippen LogP contribution in [0.4, 0.5) is 0 Å². The molecular weight excluding hydrogens is 182 g/mol. The molecule has 0 saturated carbocycles. The first-order valence-electron chi connectivity index (χ1n) is 5.98. The summed E-state index contributed by atoms with van der Waals surface area (Å²) in [5.74, 6) is 3.54. The van der Waals surface area contributed by atoms with Crippen molar-refractivity contribution in [1.29, 1.82) is 0 Å². The van der Waals surface area contributed by atoms with Crippen LogP contribution in [0, 0.1) is 18.3 Å². The van der Waals surface area contributed by atoms with Crippen LogP contribution in [-0.2, 0) is 0 Å². The van der Waals surface area contributed by atoms with Crippen LogP contribution in [0.1, 0.15) is 53.9 Å². The molecule has 1 unspecified atom stereocenters. The minimum Gasteiger partial charge on any atom is -0.293 e. The summed E-state index contributed by atoms with van der Waals surface area (Å²) in [4.78, 5) is 2.63. The zero-order chi connectivity index (χ0) is 11.7. The maximum atomic E-state index is 5.33. The van der Waals surface area contributed by atoms with Crippen molar-refractivity contribution < 1.29 is 0 Å². The third-order valence-corrected chi connectivity index (χ3v) is 3.47. The van der Waals surface area contributed by atoms with Crippen LogP contribution in [-0.4, -0.2) is 22.5 Å². The van der Waals surface area contributed by atoms with Crippen molar-refractivity contribution in [2.75, 3.05) is 6.54 Å². The molecule has 0 aromatic rings. The second-order valence-electron chi connectivity index (χ2n) is 6.41. The van der Waals surface area contributed by atoms with Gasteiger partial charge in [-0.15, -0.1) is 12.3 Å². The van der Waals surface area contributed by atoms with E-state index < -0.39 is 0 Å². The average molecular weight is 207 g/mol. The van der Waals surface area contributed by atoms with Gasteiger partial charge in [-0.25, -0.2) is 0 Å². The van der Waals surface area contributed by atoms with Crippen LogP contribution in [0.2, 0.25) is 0 Å². The molecule has 0 bridgehead atoms. The molecule has 1 heteroatoms. The summed E-state index contributed by atoms with van der Waals surface area (Å²) in [5.41, 5.74) is 0.603. The van der Waals surface area contributed by atoms with Crippen molar-refractivity contribution in [3.8, 4) is 12.3 Å². The molecule has 0 amide bonds. The van der Waals surface area contributed by atoms with Gasteiger partial charge in [-0.1, -0.05) is 0 Å². The van der Waals surface area contributed by atoms with Gasteiger partial charge in [0.15, 0.2) is 0 Å². The molecule has 1 heterocycles. The molecule has 86 valence electrons. The first-order valence-corrected chi connectivity index (χ1v) is 5.98. The van der Waals surface area contributed by atoms with Crippen molar-refractivity contribution in [2.24, 2.45) is 5.92 Å². The Morgan fingerprint density at radius 2 is 2.00 bits per heavy atom. The van der Waals surface area contributed by atoms with E-state index >= 15 is 0 Å². The molecule has 1 aliphatic rings. The summed E-state index contributed by atoms with van der Waals surface area (Å²) in [5, 5.41) is 0. The van der Waals surface area contributed by atoms with Gasteiger partial charge < -0.3 is 0 Å². The second kappa shape index (κ2) is 4.18. The Morgan fingerprint density at radius 3 is 2.40 bits per heavy atom. The molecule has 1 rings (SSSR count). The number of hydrogen-bond acceptors (Lipinski definition) is 1. The van der Waals surface area contributed by atoms with E-state index in [1.54, 1.807) is 0 Å². The smallest absolute Gasteiger partial charge is 0.0161 e. The summed E-state index contributed by atoms with van der Waals surface area (Å²) in [6.45, 7) is 12.8. The van der Waals surface area contributed by atoms with E-state index in [0.717, 1.165) is 12.3 Å². The van der Waals surface area contributed by atoms with E-state index in [0.29, 0.717) is 5.54 Å². The first kappa shape index (κ1) is 12.6. The van der Waals surface area contributed by atoms with Crippen molar-refractivity contribution in [2.45, 2.75) is 65.0 Å². The normalized spacial score (nSPS) is 26.5. The van der Waals surface area contributed by atoms with E-state index in [2.05, 4.69) is 45.4 Å². The molecule has 1 saturated heterocycles. The number of likely N-dealkylation sites (tertiary alicyclic amines) is 1. The molecule has 0 aliphatic carbocycles. The monoisotopic (exact) mass is 207 g/mol. The quantitative estimate of drug-likeness (QED) is 0.628. The third-order valence-electron chi connectivity index (χ3n) is 3.47. The van der Waals surface area contributed by atoms with Gasteiger partial charge in [0.05, 0.1) is 0 Å². The number of terminal acetylenes is 1. The summed E-state index contributed by atoms with van der Waals surface area (Å²) in [6, 6.07) is 0. The molecular formula is C14H25N. The topological polar surface area (TPSA) is 3.24 Å². The van der Waals surface area contributed by atoms with Gasteiger partial charge >= 0.3 is 0 Å². The van der Waals surface area contributed by atoms with Crippen LogP contribution in [0.25, 0.3) is 0 Å². The predicted octanol–water partition coefficient (Wildman–Crippen LogP) is 3.30. The lowest BCUT2D eigenvalue weighted by atomic mass is 9.92. The summed E-state index contributed by atoms with van der Waals surface area (Å²) >= 11 is 0. The Hall–Kier alpha value is -0.480. The lowest BCUT2D eigenvalue weighted by Crippen LogP contribution is -2.50. The van der Waals surface area contributed by atoms with Gasteiger partial charge in [-0.3, -0.25) is 4.90 Å². The highest BCUT2D eigenvalue weighted by atomic mass is 15.3. The number of hydrogen-bond donors (Lipinski definition) is 0. The highest BCUT2D eigenvalue weighted by molar-refractivity contribution is 4.99. The average Bonchev–Trinajstić information content (AvgIpc) is 2.36. The standard InChI is InChI=1S/C14H25N/c1-7-8-9-12-10-14(5,6)15(11-12)13(2,3)4/h1,12H,8-11H2,2-6H3. The van der Waals surface area contributed by atoms with Crippen LogP contribution in [0.5, 0.6) is 0 Å². The van der Waals surface area contributed by atoms with Crippen molar-refractivity contribution in [3.63, 3.8) is 0 Å². The first-order chi connectivity index (χ1) is 6.77. The van der Waals surface area contributed by atoms with E-state index in [1.165, 1.54) is 19.4 Å². The fourth-order valence-corrected chi connectivity index (χ4v) is 3.05. The molecule has 1 atom stereocenters. The lowest BCUT2D eigenvalue weighted by Gasteiger charge is -2.42. The maximum absolute atomic E-state index is 5.33. The molecule has 0 aromatic carbocycles. The van der Waals surface area contributed by atoms with Gasteiger partial charge in [-0.05, 0) is 53.4 Å². The molecule has 0 spiro atoms. The molecule has 1 nitrogen and oxygen atoms in total. The predicted molar refractivity (Wildman–Crippen MR) is 66.7 cm³/mol. The Bertz CT molecular complexity index is 251. The largest absolute Gasteiger partial charge is 0.293 e. The van der Waals surface area contributed by atoms with Gasteiger partial charge in [0.2, 0.25) is 0 Å². The highest BCUT2D eigenvalue weighted by Gasteiger charge is 2.42. The van der Waals surface area contributed by atoms with E-state index in [1.807, 2.05) is 0 Å². The Balaban J connectivity index is 2.65. The minimum absolute atomic E-state index is 0.272. The second-order valence-corrected chi connectivity index (χ2v) is 6.41. The van der Waals surface area contributed by atoms with Crippen molar-refractivity contribution in [3.05, 3.63) is 0 Å². The van der Waals surface area contributed by atoms with Gasteiger partial charge in [0.25, 0.3) is 0 Å². The highest BCUT2D eigenvalue weighted by Crippen LogP contribution is 2.39. The van der Waals surface area contributed by atoms with Crippen LogP contribution >= 0.6 is 0 Å². The Morgan fingerprint density at radius 1 is 1.40 bits per heavy atom. The van der Waals surface area contributed by atoms with Crippen LogP contribution < -0.4 is 0 Å². The van der Waals surface area contributed by atoms with Crippen LogP contribution in [0.3, 0.4) is 0 Å².